The molecule has 7 heteroatoms. The van der Waals surface area contributed by atoms with Crippen LogP contribution in [0.1, 0.15) is 23.0 Å². The maximum absolute atomic E-state index is 12.1. The minimum absolute atomic E-state index is 0.122. The summed E-state index contributed by atoms with van der Waals surface area (Å²) in [6.45, 7) is 1.53. The minimum Gasteiger partial charge on any atom is -0.465 e. The highest BCUT2D eigenvalue weighted by molar-refractivity contribution is 6.19. The minimum atomic E-state index is -0.718. The van der Waals surface area contributed by atoms with Gasteiger partial charge in [-0.15, -0.1) is 0 Å². The molecule has 2 heterocycles. The maximum atomic E-state index is 12.1. The molecule has 27 heavy (non-hydrogen) atoms. The Balaban J connectivity index is 2.03. The number of nitrogens with zero attached hydrogens (tertiary/aromatic N) is 1. The average molecular weight is 362 g/mol. The van der Waals surface area contributed by atoms with E-state index in [1.54, 1.807) is 42.5 Å². The summed E-state index contributed by atoms with van der Waals surface area (Å²) in [6.07, 6.45) is 1.44. The number of hydrogen-bond donors (Lipinski definition) is 1. The molecule has 1 aliphatic rings. The zero-order valence-electron chi connectivity index (χ0n) is 14.5. The van der Waals surface area contributed by atoms with E-state index in [4.69, 9.17) is 14.4 Å². The van der Waals surface area contributed by atoms with Crippen molar-refractivity contribution in [3.8, 4) is 17.4 Å². The van der Waals surface area contributed by atoms with Crippen molar-refractivity contribution in [1.82, 2.24) is 5.32 Å². The van der Waals surface area contributed by atoms with Crippen LogP contribution in [0.2, 0.25) is 0 Å². The first kappa shape index (κ1) is 17.9. The largest absolute Gasteiger partial charge is 0.465 e. The normalized spacial score (nSPS) is 15.5. The van der Waals surface area contributed by atoms with Crippen molar-refractivity contribution >= 4 is 23.9 Å². The summed E-state index contributed by atoms with van der Waals surface area (Å²) in [7, 11) is 1.29. The van der Waals surface area contributed by atoms with Crippen LogP contribution in [0.5, 0.6) is 0 Å². The van der Waals surface area contributed by atoms with Gasteiger partial charge in [0, 0.05) is 11.1 Å². The second-order valence-corrected chi connectivity index (χ2v) is 5.69. The molecular formula is C20H14N2O5. The molecule has 1 aromatic heterocycles. The van der Waals surface area contributed by atoms with Crippen molar-refractivity contribution in [1.29, 1.82) is 5.26 Å². The van der Waals surface area contributed by atoms with Crippen LogP contribution in [0.15, 0.2) is 57.5 Å². The number of carbonyl (C=O) groups is 3. The molecule has 0 radical (unpaired) electrons. The van der Waals surface area contributed by atoms with Gasteiger partial charge in [0.1, 0.15) is 23.2 Å². The van der Waals surface area contributed by atoms with E-state index in [0.29, 0.717) is 22.6 Å². The molecule has 134 valence electrons. The predicted octanol–water partition coefficient (Wildman–Crippen LogP) is 2.61. The van der Waals surface area contributed by atoms with E-state index >= 15 is 0 Å². The summed E-state index contributed by atoms with van der Waals surface area (Å²) in [5, 5.41) is 11.2. The van der Waals surface area contributed by atoms with Gasteiger partial charge >= 0.3 is 5.97 Å². The summed E-state index contributed by atoms with van der Waals surface area (Å²) in [5.74, 6) is -1.07. The molecule has 0 atom stereocenters. The van der Waals surface area contributed by atoms with Gasteiger partial charge in [0.05, 0.1) is 12.7 Å². The van der Waals surface area contributed by atoms with Gasteiger partial charge in [-0.1, -0.05) is 18.2 Å². The van der Waals surface area contributed by atoms with Gasteiger partial charge in [-0.05, 0) is 36.8 Å². The van der Waals surface area contributed by atoms with Crippen LogP contribution in [0.4, 0.5) is 0 Å². The molecule has 2 aromatic rings. The number of nitrogens with one attached hydrogen (secondary N) is 1. The van der Waals surface area contributed by atoms with E-state index in [9.17, 15) is 14.4 Å². The third kappa shape index (κ3) is 3.28. The van der Waals surface area contributed by atoms with Crippen LogP contribution in [0.25, 0.3) is 17.4 Å². The molecule has 1 aliphatic heterocycles. The molecule has 7 nitrogen and oxygen atoms in total. The molecule has 0 bridgehead atoms. The lowest BCUT2D eigenvalue weighted by molar-refractivity contribution is -0.126. The standard InChI is InChI=1S/C20H14N2O5/c1-11-15(18(23)22-19(24)16(11)10-21)9-12-7-8-17(27-12)13-5-3-4-6-14(13)20(25)26-2/h3-9H,1-2H3,(H,22,23,24). The average Bonchev–Trinajstić information content (AvgIpc) is 3.13. The van der Waals surface area contributed by atoms with Gasteiger partial charge in [-0.3, -0.25) is 14.9 Å². The Kier molecular flexibility index (Phi) is 4.73. The third-order valence-corrected chi connectivity index (χ3v) is 4.10. The summed E-state index contributed by atoms with van der Waals surface area (Å²) >= 11 is 0. The fourth-order valence-corrected chi connectivity index (χ4v) is 2.72. The number of esters is 1. The highest BCUT2D eigenvalue weighted by atomic mass is 16.5. The molecule has 0 spiro atoms. The van der Waals surface area contributed by atoms with Gasteiger partial charge in [0.2, 0.25) is 0 Å². The van der Waals surface area contributed by atoms with Crippen molar-refractivity contribution in [2.45, 2.75) is 6.92 Å². The topological polar surface area (TPSA) is 109 Å². The molecule has 1 N–H and O–H groups in total. The molecule has 2 amide bonds. The first-order chi connectivity index (χ1) is 13.0. The number of ether oxygens (including phenoxy) is 1. The highest BCUT2D eigenvalue weighted by Crippen LogP contribution is 2.29. The van der Waals surface area contributed by atoms with E-state index in [-0.39, 0.29) is 16.7 Å². The summed E-state index contributed by atoms with van der Waals surface area (Å²) in [5.41, 5.74) is 1.20. The van der Waals surface area contributed by atoms with Gasteiger partial charge in [0.25, 0.3) is 11.8 Å². The number of carbonyl (C=O) groups excluding carboxylic acids is 3. The Morgan fingerprint density at radius 2 is 1.93 bits per heavy atom. The van der Waals surface area contributed by atoms with Crippen LogP contribution in [-0.2, 0) is 14.3 Å². The predicted molar refractivity (Wildman–Crippen MR) is 94.9 cm³/mol. The molecule has 3 rings (SSSR count). The maximum Gasteiger partial charge on any atom is 0.338 e. The molecule has 1 aromatic carbocycles. The van der Waals surface area contributed by atoms with Gasteiger partial charge in [-0.2, -0.15) is 5.26 Å². The first-order valence-corrected chi connectivity index (χ1v) is 7.92. The molecule has 0 aliphatic carbocycles. The number of rotatable bonds is 3. The number of nitriles is 1. The molecule has 0 saturated heterocycles. The number of benzene rings is 1. The molecule has 0 unspecified atom stereocenters. The van der Waals surface area contributed by atoms with Crippen LogP contribution in [0.3, 0.4) is 0 Å². The van der Waals surface area contributed by atoms with Gasteiger partial charge in [-0.25, -0.2) is 4.79 Å². The van der Waals surface area contributed by atoms with E-state index in [1.165, 1.54) is 20.1 Å². The van der Waals surface area contributed by atoms with E-state index < -0.39 is 17.8 Å². The number of furan rings is 1. The summed E-state index contributed by atoms with van der Waals surface area (Å²) in [6, 6.07) is 11.9. The zero-order valence-corrected chi connectivity index (χ0v) is 14.5. The number of hydrogen-bond acceptors (Lipinski definition) is 6. The summed E-state index contributed by atoms with van der Waals surface area (Å²) < 4.78 is 10.5. The Hall–Kier alpha value is -3.92. The first-order valence-electron chi connectivity index (χ1n) is 7.92. The fourth-order valence-electron chi connectivity index (χ4n) is 2.72. The number of amides is 2. The van der Waals surface area contributed by atoms with Crippen LogP contribution < -0.4 is 5.32 Å². The van der Waals surface area contributed by atoms with Crippen LogP contribution in [-0.4, -0.2) is 24.9 Å². The Labute approximate surface area is 154 Å². The quantitative estimate of drug-likeness (QED) is 0.511. The van der Waals surface area contributed by atoms with Crippen molar-refractivity contribution in [3.05, 3.63) is 64.4 Å². The van der Waals surface area contributed by atoms with Crippen LogP contribution >= 0.6 is 0 Å². The highest BCUT2D eigenvalue weighted by Gasteiger charge is 2.27. The monoisotopic (exact) mass is 362 g/mol. The molecule has 0 fully saturated rings. The third-order valence-electron chi connectivity index (χ3n) is 4.10. The van der Waals surface area contributed by atoms with Crippen molar-refractivity contribution in [3.63, 3.8) is 0 Å². The Morgan fingerprint density at radius 3 is 2.63 bits per heavy atom. The lowest BCUT2D eigenvalue weighted by Gasteiger charge is -2.15. The van der Waals surface area contributed by atoms with Crippen LogP contribution in [0, 0.1) is 11.3 Å². The van der Waals surface area contributed by atoms with Crippen molar-refractivity contribution in [2.24, 2.45) is 0 Å². The van der Waals surface area contributed by atoms with Crippen molar-refractivity contribution < 1.29 is 23.5 Å². The smallest absolute Gasteiger partial charge is 0.338 e. The second kappa shape index (κ2) is 7.14. The Bertz CT molecular complexity index is 1070. The molecular weight excluding hydrogens is 348 g/mol. The zero-order chi connectivity index (χ0) is 19.6. The van der Waals surface area contributed by atoms with Gasteiger partial charge < -0.3 is 9.15 Å². The van der Waals surface area contributed by atoms with Gasteiger partial charge in [0.15, 0.2) is 0 Å². The molecule has 0 saturated carbocycles. The summed E-state index contributed by atoms with van der Waals surface area (Å²) in [4.78, 5) is 35.7. The second-order valence-electron chi connectivity index (χ2n) is 5.69. The fraction of sp³-hybridized carbons (Fsp3) is 0.100. The number of methoxy groups -OCH3 is 1. The van der Waals surface area contributed by atoms with Crippen molar-refractivity contribution in [2.75, 3.05) is 7.11 Å². The van der Waals surface area contributed by atoms with E-state index in [2.05, 4.69) is 5.32 Å². The Morgan fingerprint density at radius 1 is 1.19 bits per heavy atom. The van der Waals surface area contributed by atoms with E-state index in [0.717, 1.165) is 0 Å². The van der Waals surface area contributed by atoms with E-state index in [1.807, 2.05) is 0 Å². The lowest BCUT2D eigenvalue weighted by Crippen LogP contribution is -2.37. The lowest BCUT2D eigenvalue weighted by atomic mass is 9.96. The number of imide groups is 1. The SMILES string of the molecule is COC(=O)c1ccccc1-c1ccc(C=C2C(=O)NC(=O)C(C#N)=C2C)o1.